The Labute approximate surface area is 118 Å². The van der Waals surface area contributed by atoms with Crippen LogP contribution >= 0.6 is 11.3 Å². The van der Waals surface area contributed by atoms with Crippen LogP contribution in [0.3, 0.4) is 0 Å². The predicted molar refractivity (Wildman–Crippen MR) is 79.2 cm³/mol. The van der Waals surface area contributed by atoms with E-state index in [1.54, 1.807) is 6.92 Å². The molecular formula is C13H22N2O3S. The third kappa shape index (κ3) is 4.02. The highest BCUT2D eigenvalue weighted by Gasteiger charge is 2.24. The Hall–Kier alpha value is -1.43. The van der Waals surface area contributed by atoms with Gasteiger partial charge in [-0.2, -0.15) is 0 Å². The zero-order valence-corrected chi connectivity index (χ0v) is 12.9. The number of hydrogen-bond donors (Lipinski definition) is 2. The van der Waals surface area contributed by atoms with Crippen LogP contribution in [0.2, 0.25) is 0 Å². The quantitative estimate of drug-likeness (QED) is 0.786. The van der Waals surface area contributed by atoms with Crippen LogP contribution in [0.5, 0.6) is 5.75 Å². The number of ether oxygens (including phenoxy) is 2. The third-order valence-corrected chi connectivity index (χ3v) is 3.23. The fourth-order valence-electron chi connectivity index (χ4n) is 1.49. The monoisotopic (exact) mass is 286 g/mol. The lowest BCUT2D eigenvalue weighted by atomic mass is 10.3. The minimum Gasteiger partial charge on any atom is -0.486 e. The zero-order valence-electron chi connectivity index (χ0n) is 12.1. The van der Waals surface area contributed by atoms with Crippen molar-refractivity contribution in [2.24, 2.45) is 0 Å². The van der Waals surface area contributed by atoms with Gasteiger partial charge in [-0.1, -0.05) is 0 Å². The van der Waals surface area contributed by atoms with Crippen LogP contribution < -0.4 is 15.8 Å². The SMILES string of the molecule is CCOC(=O)c1sc(NC(C)C)c(OC(C)C)c1N. The first kappa shape index (κ1) is 15.6. The van der Waals surface area contributed by atoms with Crippen LogP contribution in [0.4, 0.5) is 10.7 Å². The van der Waals surface area contributed by atoms with Crippen LogP contribution in [0.15, 0.2) is 0 Å². The Kier molecular flexibility index (Phi) is 5.47. The molecule has 0 fully saturated rings. The van der Waals surface area contributed by atoms with Crippen molar-refractivity contribution in [2.75, 3.05) is 17.7 Å². The number of nitrogens with one attached hydrogen (secondary N) is 1. The second kappa shape index (κ2) is 6.65. The molecule has 19 heavy (non-hydrogen) atoms. The number of carbonyl (C=O) groups excluding carboxylic acids is 1. The molecule has 0 amide bonds. The molecule has 6 heteroatoms. The van der Waals surface area contributed by atoms with Gasteiger partial charge < -0.3 is 20.5 Å². The normalized spacial score (nSPS) is 10.9. The summed E-state index contributed by atoms with van der Waals surface area (Å²) in [5.41, 5.74) is 6.35. The molecule has 1 aromatic heterocycles. The number of rotatable bonds is 6. The largest absolute Gasteiger partial charge is 0.486 e. The topological polar surface area (TPSA) is 73.6 Å². The molecule has 0 aromatic carbocycles. The van der Waals surface area contributed by atoms with Gasteiger partial charge in [-0.3, -0.25) is 0 Å². The highest BCUT2D eigenvalue weighted by Crippen LogP contribution is 2.43. The van der Waals surface area contributed by atoms with Crippen molar-refractivity contribution in [1.29, 1.82) is 0 Å². The Morgan fingerprint density at radius 2 is 2.00 bits per heavy atom. The van der Waals surface area contributed by atoms with Crippen molar-refractivity contribution in [3.05, 3.63) is 4.88 Å². The molecule has 0 aliphatic rings. The molecule has 108 valence electrons. The minimum atomic E-state index is -0.407. The van der Waals surface area contributed by atoms with E-state index in [0.717, 1.165) is 5.00 Å². The van der Waals surface area contributed by atoms with E-state index in [4.69, 9.17) is 15.2 Å². The van der Waals surface area contributed by atoms with Gasteiger partial charge in [-0.25, -0.2) is 4.79 Å². The summed E-state index contributed by atoms with van der Waals surface area (Å²) in [5, 5.41) is 4.01. The van der Waals surface area contributed by atoms with Crippen molar-refractivity contribution in [3.63, 3.8) is 0 Å². The van der Waals surface area contributed by atoms with E-state index in [9.17, 15) is 4.79 Å². The fraction of sp³-hybridized carbons (Fsp3) is 0.615. The lowest BCUT2D eigenvalue weighted by Crippen LogP contribution is -2.12. The Bertz CT molecular complexity index is 441. The molecule has 0 radical (unpaired) electrons. The molecule has 1 heterocycles. The summed E-state index contributed by atoms with van der Waals surface area (Å²) >= 11 is 1.27. The van der Waals surface area contributed by atoms with Crippen molar-refractivity contribution in [1.82, 2.24) is 0 Å². The molecule has 1 aromatic rings. The van der Waals surface area contributed by atoms with E-state index in [2.05, 4.69) is 5.32 Å². The van der Waals surface area contributed by atoms with E-state index in [1.165, 1.54) is 11.3 Å². The molecule has 0 saturated heterocycles. The minimum absolute atomic E-state index is 0.0142. The number of hydrogen-bond acceptors (Lipinski definition) is 6. The molecule has 0 aliphatic heterocycles. The molecule has 1 rings (SSSR count). The van der Waals surface area contributed by atoms with Gasteiger partial charge in [0.15, 0.2) is 5.75 Å². The summed E-state index contributed by atoms with van der Waals surface area (Å²) in [6.45, 7) is 9.95. The average molecular weight is 286 g/mol. The first-order valence-corrected chi connectivity index (χ1v) is 7.21. The summed E-state index contributed by atoms with van der Waals surface area (Å²) < 4.78 is 10.7. The molecule has 0 spiro atoms. The Balaban J connectivity index is 3.14. The van der Waals surface area contributed by atoms with Crippen LogP contribution in [0.1, 0.15) is 44.3 Å². The summed E-state index contributed by atoms with van der Waals surface area (Å²) in [5.74, 6) is 0.132. The van der Waals surface area contributed by atoms with E-state index < -0.39 is 5.97 Å². The zero-order chi connectivity index (χ0) is 14.6. The Morgan fingerprint density at radius 1 is 1.37 bits per heavy atom. The third-order valence-electron chi connectivity index (χ3n) is 2.13. The molecule has 0 unspecified atom stereocenters. The molecule has 3 N–H and O–H groups in total. The highest BCUT2D eigenvalue weighted by molar-refractivity contribution is 7.19. The Morgan fingerprint density at radius 3 is 2.47 bits per heavy atom. The smallest absolute Gasteiger partial charge is 0.350 e. The summed E-state index contributed by atoms with van der Waals surface area (Å²) in [6.07, 6.45) is -0.0142. The van der Waals surface area contributed by atoms with Gasteiger partial charge in [0.05, 0.1) is 12.7 Å². The number of thiophene rings is 1. The van der Waals surface area contributed by atoms with Crippen LogP contribution in [0.25, 0.3) is 0 Å². The summed E-state index contributed by atoms with van der Waals surface area (Å²) in [4.78, 5) is 12.2. The first-order chi connectivity index (χ1) is 8.86. The maximum absolute atomic E-state index is 11.8. The standard InChI is InChI=1S/C13H22N2O3S/c1-6-17-13(16)11-9(14)10(18-8(4)5)12(19-11)15-7(2)3/h7-8,15H,6,14H2,1-5H3. The van der Waals surface area contributed by atoms with Crippen LogP contribution in [0, 0.1) is 0 Å². The highest BCUT2D eigenvalue weighted by atomic mass is 32.1. The van der Waals surface area contributed by atoms with Crippen molar-refractivity contribution < 1.29 is 14.3 Å². The van der Waals surface area contributed by atoms with Gasteiger partial charge in [-0.15, -0.1) is 11.3 Å². The molecular weight excluding hydrogens is 264 g/mol. The van der Waals surface area contributed by atoms with Crippen LogP contribution in [-0.2, 0) is 4.74 Å². The van der Waals surface area contributed by atoms with Gasteiger partial charge in [0.25, 0.3) is 0 Å². The van der Waals surface area contributed by atoms with Crippen LogP contribution in [-0.4, -0.2) is 24.7 Å². The van der Waals surface area contributed by atoms with E-state index in [0.29, 0.717) is 22.9 Å². The number of nitrogens with two attached hydrogens (primary N) is 1. The van der Waals surface area contributed by atoms with Crippen molar-refractivity contribution in [2.45, 2.75) is 46.8 Å². The number of esters is 1. The van der Waals surface area contributed by atoms with Gasteiger partial charge >= 0.3 is 5.97 Å². The average Bonchev–Trinajstić information content (AvgIpc) is 2.57. The number of anilines is 2. The van der Waals surface area contributed by atoms with E-state index >= 15 is 0 Å². The molecule has 0 atom stereocenters. The lowest BCUT2D eigenvalue weighted by molar-refractivity contribution is 0.0533. The van der Waals surface area contributed by atoms with Gasteiger partial charge in [-0.05, 0) is 34.6 Å². The van der Waals surface area contributed by atoms with Gasteiger partial charge in [0, 0.05) is 6.04 Å². The summed E-state index contributed by atoms with van der Waals surface area (Å²) in [7, 11) is 0. The lowest BCUT2D eigenvalue weighted by Gasteiger charge is -2.14. The fourth-order valence-corrected chi connectivity index (χ4v) is 2.58. The molecule has 0 aliphatic carbocycles. The number of nitrogen functional groups attached to an aromatic ring is 1. The molecule has 5 nitrogen and oxygen atoms in total. The summed E-state index contributed by atoms with van der Waals surface area (Å²) in [6, 6.07) is 0.225. The second-order valence-corrected chi connectivity index (χ2v) is 5.71. The number of carbonyl (C=O) groups is 1. The van der Waals surface area contributed by atoms with E-state index in [-0.39, 0.29) is 12.1 Å². The molecule has 0 bridgehead atoms. The van der Waals surface area contributed by atoms with Crippen molar-refractivity contribution in [3.8, 4) is 5.75 Å². The van der Waals surface area contributed by atoms with Gasteiger partial charge in [0.2, 0.25) is 0 Å². The second-order valence-electron chi connectivity index (χ2n) is 4.69. The maximum Gasteiger partial charge on any atom is 0.350 e. The molecule has 0 saturated carbocycles. The van der Waals surface area contributed by atoms with Crippen molar-refractivity contribution >= 4 is 28.0 Å². The predicted octanol–water partition coefficient (Wildman–Crippen LogP) is 3.11. The first-order valence-electron chi connectivity index (χ1n) is 6.39. The van der Waals surface area contributed by atoms with Gasteiger partial charge in [0.1, 0.15) is 15.6 Å². The maximum atomic E-state index is 11.8. The van der Waals surface area contributed by atoms with E-state index in [1.807, 2.05) is 27.7 Å².